The number of rotatable bonds is 13. The van der Waals surface area contributed by atoms with E-state index in [4.69, 9.17) is 9.16 Å². The van der Waals surface area contributed by atoms with Crippen LogP contribution in [0.3, 0.4) is 0 Å². The molecule has 1 aliphatic carbocycles. The van der Waals surface area contributed by atoms with Gasteiger partial charge in [0.1, 0.15) is 5.60 Å². The van der Waals surface area contributed by atoms with E-state index >= 15 is 4.79 Å². The van der Waals surface area contributed by atoms with Crippen LogP contribution in [-0.4, -0.2) is 32.4 Å². The lowest BCUT2D eigenvalue weighted by atomic mass is 9.80. The molecule has 0 radical (unpaired) electrons. The third-order valence-electron chi connectivity index (χ3n) is 11.6. The van der Waals surface area contributed by atoms with Crippen molar-refractivity contribution < 1.29 is 14.0 Å². The molecule has 0 spiro atoms. The summed E-state index contributed by atoms with van der Waals surface area (Å²) in [4.78, 5) is 19.7. The number of nitrogens with one attached hydrogen (secondary N) is 1. The highest BCUT2D eigenvalue weighted by Gasteiger charge is 2.62. The van der Waals surface area contributed by atoms with Gasteiger partial charge in [-0.15, -0.1) is 0 Å². The molecule has 1 heterocycles. The molecule has 1 amide bonds. The second-order valence-corrected chi connectivity index (χ2v) is 20.2. The Morgan fingerprint density at radius 1 is 0.661 bits per heavy atom. The van der Waals surface area contributed by atoms with Crippen molar-refractivity contribution in [1.29, 1.82) is 0 Å². The SMILES string of the molecule is CC(C)(C)[Si](OC[C@@H]1C[C@@]1(COC(c1ccccc1)(c1ccccc1)c1ccccc1)C(=O)Nc1cccc2cccnc12)(c1ccccc1)c1ccccc1. The third-order valence-corrected chi connectivity index (χ3v) is 16.6. The van der Waals surface area contributed by atoms with E-state index in [2.05, 4.69) is 128 Å². The fraction of sp³-hybridized carbons (Fsp3) is 0.200. The summed E-state index contributed by atoms with van der Waals surface area (Å²) in [5.41, 5.74) is 2.56. The fourth-order valence-corrected chi connectivity index (χ4v) is 13.2. The molecule has 1 aliphatic rings. The van der Waals surface area contributed by atoms with Gasteiger partial charge in [-0.3, -0.25) is 9.78 Å². The Bertz CT molecular complexity index is 2250. The quantitative estimate of drug-likeness (QED) is 0.0942. The minimum absolute atomic E-state index is 0.0882. The monoisotopic (exact) mass is 752 g/mol. The lowest BCUT2D eigenvalue weighted by Gasteiger charge is -2.43. The van der Waals surface area contributed by atoms with E-state index in [9.17, 15) is 0 Å². The number of pyridine rings is 1. The molecule has 6 aromatic carbocycles. The van der Waals surface area contributed by atoms with Gasteiger partial charge in [0.15, 0.2) is 0 Å². The van der Waals surface area contributed by atoms with Gasteiger partial charge in [-0.1, -0.05) is 191 Å². The van der Waals surface area contributed by atoms with E-state index in [1.807, 2.05) is 84.9 Å². The van der Waals surface area contributed by atoms with Crippen molar-refractivity contribution in [3.8, 4) is 0 Å². The maximum Gasteiger partial charge on any atom is 0.261 e. The minimum Gasteiger partial charge on any atom is -0.407 e. The molecule has 7 aromatic rings. The van der Waals surface area contributed by atoms with Crippen molar-refractivity contribution in [3.63, 3.8) is 0 Å². The summed E-state index contributed by atoms with van der Waals surface area (Å²) in [7, 11) is -2.88. The first-order valence-corrected chi connectivity index (χ1v) is 21.4. The molecule has 56 heavy (non-hydrogen) atoms. The predicted molar refractivity (Wildman–Crippen MR) is 230 cm³/mol. The summed E-state index contributed by atoms with van der Waals surface area (Å²) >= 11 is 0. The van der Waals surface area contributed by atoms with Crippen LogP contribution < -0.4 is 15.7 Å². The average molecular weight is 753 g/mol. The molecule has 0 bridgehead atoms. The van der Waals surface area contributed by atoms with Crippen molar-refractivity contribution in [1.82, 2.24) is 4.98 Å². The number of benzene rings is 6. The summed E-state index contributed by atoms with van der Waals surface area (Å²) in [6.07, 6.45) is 2.38. The van der Waals surface area contributed by atoms with Crippen LogP contribution in [0.4, 0.5) is 5.69 Å². The summed E-state index contributed by atoms with van der Waals surface area (Å²) in [6.45, 7) is 7.45. The number of amides is 1. The van der Waals surface area contributed by atoms with Gasteiger partial charge in [-0.2, -0.15) is 0 Å². The van der Waals surface area contributed by atoms with E-state index in [-0.39, 0.29) is 23.5 Å². The van der Waals surface area contributed by atoms with Gasteiger partial charge in [-0.25, -0.2) is 0 Å². The van der Waals surface area contributed by atoms with Crippen molar-refractivity contribution >= 4 is 41.2 Å². The molecule has 0 aliphatic heterocycles. The number of carbonyl (C=O) groups is 1. The van der Waals surface area contributed by atoms with Gasteiger partial charge in [-0.05, 0) is 56.6 Å². The van der Waals surface area contributed by atoms with Gasteiger partial charge in [0.25, 0.3) is 8.32 Å². The number of hydrogen-bond donors (Lipinski definition) is 1. The lowest BCUT2D eigenvalue weighted by molar-refractivity contribution is -0.126. The van der Waals surface area contributed by atoms with Crippen molar-refractivity contribution in [2.75, 3.05) is 18.5 Å². The first-order valence-electron chi connectivity index (χ1n) is 19.5. The van der Waals surface area contributed by atoms with Crippen LogP contribution in [0.5, 0.6) is 0 Å². The summed E-state index contributed by atoms with van der Waals surface area (Å²) in [5, 5.41) is 6.52. The van der Waals surface area contributed by atoms with Crippen LogP contribution in [0.2, 0.25) is 5.04 Å². The molecule has 280 valence electrons. The molecule has 1 saturated carbocycles. The van der Waals surface area contributed by atoms with Gasteiger partial charge in [0.05, 0.1) is 23.2 Å². The van der Waals surface area contributed by atoms with Crippen LogP contribution in [-0.2, 0) is 19.6 Å². The van der Waals surface area contributed by atoms with Crippen LogP contribution in [0, 0.1) is 11.3 Å². The largest absolute Gasteiger partial charge is 0.407 e. The highest BCUT2D eigenvalue weighted by molar-refractivity contribution is 6.99. The maximum absolute atomic E-state index is 15.1. The van der Waals surface area contributed by atoms with E-state index in [1.165, 1.54) is 10.4 Å². The molecular formula is C50H48N2O3Si. The Kier molecular flexibility index (Phi) is 10.3. The molecule has 1 aromatic heterocycles. The van der Waals surface area contributed by atoms with Crippen LogP contribution in [0.1, 0.15) is 43.9 Å². The van der Waals surface area contributed by atoms with E-state index in [0.29, 0.717) is 18.7 Å². The number of carbonyl (C=O) groups excluding carboxylic acids is 1. The molecule has 5 nitrogen and oxygen atoms in total. The first-order chi connectivity index (χ1) is 27.3. The molecule has 2 atom stereocenters. The first kappa shape index (κ1) is 37.3. The van der Waals surface area contributed by atoms with Gasteiger partial charge in [0, 0.05) is 18.2 Å². The third kappa shape index (κ3) is 6.79. The number of para-hydroxylation sites is 1. The summed E-state index contributed by atoms with van der Waals surface area (Å²) in [6, 6.07) is 62.3. The number of anilines is 1. The lowest BCUT2D eigenvalue weighted by Crippen LogP contribution is -2.66. The fourth-order valence-electron chi connectivity index (χ4n) is 8.56. The Labute approximate surface area is 331 Å². The summed E-state index contributed by atoms with van der Waals surface area (Å²) in [5.74, 6) is -0.193. The summed E-state index contributed by atoms with van der Waals surface area (Å²) < 4.78 is 14.9. The second kappa shape index (κ2) is 15.5. The predicted octanol–water partition coefficient (Wildman–Crippen LogP) is 9.76. The highest BCUT2D eigenvalue weighted by Crippen LogP contribution is 2.56. The zero-order chi connectivity index (χ0) is 38.6. The number of ether oxygens (including phenoxy) is 1. The number of aromatic nitrogens is 1. The standard InChI is InChI=1S/C50H48N2O3Si/c1-48(2,3)56(43-29-15-7-16-30-43,44-31-17-8-18-32-44)55-36-42-35-49(42,47(53)52-45-33-19-21-38-22-20-34-51-46(38)45)37-54-50(39-23-9-4-10-24-39,40-25-11-5-12-26-40)41-27-13-6-14-28-41/h4-34,42H,35-37H2,1-3H3,(H,52,53)/t42-,49-/m0/s1. The molecule has 8 rings (SSSR count). The highest BCUT2D eigenvalue weighted by atomic mass is 28.4. The maximum atomic E-state index is 15.1. The van der Waals surface area contributed by atoms with Crippen molar-refractivity contribution in [3.05, 3.63) is 205 Å². The van der Waals surface area contributed by atoms with Crippen molar-refractivity contribution in [2.45, 2.75) is 37.8 Å². The number of fused-ring (bicyclic) bond motifs is 1. The Morgan fingerprint density at radius 2 is 1.14 bits per heavy atom. The normalized spacial score (nSPS) is 17.0. The molecule has 6 heteroatoms. The second-order valence-electron chi connectivity index (χ2n) is 15.9. The Morgan fingerprint density at radius 3 is 1.64 bits per heavy atom. The minimum atomic E-state index is -2.88. The van der Waals surface area contributed by atoms with Crippen LogP contribution in [0.15, 0.2) is 188 Å². The molecular weight excluding hydrogens is 705 g/mol. The van der Waals surface area contributed by atoms with Gasteiger partial charge < -0.3 is 14.5 Å². The molecule has 1 fully saturated rings. The zero-order valence-corrected chi connectivity index (χ0v) is 33.3. The van der Waals surface area contributed by atoms with Gasteiger partial charge in [0.2, 0.25) is 5.91 Å². The van der Waals surface area contributed by atoms with E-state index < -0.39 is 19.3 Å². The average Bonchev–Trinajstić information content (AvgIpc) is 3.97. The zero-order valence-electron chi connectivity index (χ0n) is 32.3. The van der Waals surface area contributed by atoms with Crippen LogP contribution >= 0.6 is 0 Å². The Balaban J connectivity index is 1.21. The van der Waals surface area contributed by atoms with Crippen molar-refractivity contribution in [2.24, 2.45) is 11.3 Å². The number of nitrogens with zero attached hydrogens (tertiary/aromatic N) is 1. The van der Waals surface area contributed by atoms with Crippen LogP contribution in [0.25, 0.3) is 10.9 Å². The molecule has 0 unspecified atom stereocenters. The Hall–Kier alpha value is -5.66. The topological polar surface area (TPSA) is 60.5 Å². The molecule has 0 saturated heterocycles. The number of hydrogen-bond acceptors (Lipinski definition) is 4. The molecule has 1 N–H and O–H groups in total. The van der Waals surface area contributed by atoms with Gasteiger partial charge >= 0.3 is 0 Å². The smallest absolute Gasteiger partial charge is 0.261 e. The van der Waals surface area contributed by atoms with E-state index in [0.717, 1.165) is 27.6 Å². The van der Waals surface area contributed by atoms with E-state index in [1.54, 1.807) is 6.20 Å².